The van der Waals surface area contributed by atoms with Gasteiger partial charge in [-0.3, -0.25) is 9.59 Å². The van der Waals surface area contributed by atoms with Gasteiger partial charge in [0.05, 0.1) is 6.42 Å². The Morgan fingerprint density at radius 2 is 1.79 bits per heavy atom. The summed E-state index contributed by atoms with van der Waals surface area (Å²) in [5.41, 5.74) is 6.34. The summed E-state index contributed by atoms with van der Waals surface area (Å²) in [5, 5.41) is 2.89. The van der Waals surface area contributed by atoms with Crippen molar-refractivity contribution in [1.82, 2.24) is 9.47 Å². The summed E-state index contributed by atoms with van der Waals surface area (Å²) in [6.07, 6.45) is 3.80. The summed E-state index contributed by atoms with van der Waals surface area (Å²) in [6, 6.07) is 20.2. The average molecular weight is 574 g/mol. The summed E-state index contributed by atoms with van der Waals surface area (Å²) in [4.78, 5) is 26.7. The minimum absolute atomic E-state index is 0.00207. The van der Waals surface area contributed by atoms with Crippen LogP contribution < -0.4 is 5.32 Å². The Labute approximate surface area is 228 Å². The molecule has 2 atom stereocenters. The molecular weight excluding hydrogens is 549 g/mol. The fourth-order valence-corrected chi connectivity index (χ4v) is 5.37. The molecule has 2 aliphatic heterocycles. The molecule has 2 aliphatic rings. The first-order chi connectivity index (χ1) is 18.4. The molecule has 3 heterocycles. The van der Waals surface area contributed by atoms with Crippen LogP contribution >= 0.6 is 15.9 Å². The number of amides is 2. The van der Waals surface area contributed by atoms with Crippen molar-refractivity contribution in [3.63, 3.8) is 0 Å². The maximum atomic E-state index is 13.7. The molecule has 0 saturated carbocycles. The van der Waals surface area contributed by atoms with Crippen molar-refractivity contribution in [1.29, 1.82) is 0 Å². The number of hydrogen-bond acceptors (Lipinski definition) is 3. The highest BCUT2D eigenvalue weighted by Gasteiger charge is 2.40. The van der Waals surface area contributed by atoms with Crippen LogP contribution in [0.1, 0.15) is 29.8 Å². The Hall–Kier alpha value is -3.75. The van der Waals surface area contributed by atoms with Gasteiger partial charge in [-0.05, 0) is 72.5 Å². The van der Waals surface area contributed by atoms with Gasteiger partial charge >= 0.3 is 0 Å². The number of ether oxygens (including phenoxy) is 1. The number of nitrogens with one attached hydrogen (secondary N) is 1. The monoisotopic (exact) mass is 573 g/mol. The molecule has 0 spiro atoms. The van der Waals surface area contributed by atoms with Gasteiger partial charge in [-0.25, -0.2) is 4.39 Å². The summed E-state index contributed by atoms with van der Waals surface area (Å²) in [7, 11) is 0. The molecule has 0 bridgehead atoms. The van der Waals surface area contributed by atoms with Gasteiger partial charge in [0.2, 0.25) is 5.91 Å². The molecule has 1 saturated heterocycles. The summed E-state index contributed by atoms with van der Waals surface area (Å²) >= 11 is 3.48. The number of halogens is 2. The minimum atomic E-state index is -0.594. The highest BCUT2D eigenvalue weighted by Crippen LogP contribution is 2.39. The van der Waals surface area contributed by atoms with Crippen molar-refractivity contribution in [3.8, 4) is 16.8 Å². The summed E-state index contributed by atoms with van der Waals surface area (Å²) in [6.45, 7) is 2.22. The summed E-state index contributed by atoms with van der Waals surface area (Å²) < 4.78 is 22.9. The molecule has 1 N–H and O–H groups in total. The van der Waals surface area contributed by atoms with Crippen LogP contribution in [0.4, 0.5) is 10.1 Å². The van der Waals surface area contributed by atoms with E-state index in [-0.39, 0.29) is 17.6 Å². The first-order valence-corrected chi connectivity index (χ1v) is 13.3. The maximum absolute atomic E-state index is 13.7. The molecule has 0 radical (unpaired) electrons. The molecule has 1 aromatic heterocycles. The Balaban J connectivity index is 1.34. The SMILES string of the molecule is C[C@@H]1O[C@@H](c2cn(-c3ccc(Br)cc3)cc2-c2ccc(F)cc2)N(CCc2ccc3c(c2)NC(=O)C3)C1=O. The van der Waals surface area contributed by atoms with E-state index in [1.54, 1.807) is 24.0 Å². The van der Waals surface area contributed by atoms with Crippen molar-refractivity contribution >= 4 is 33.4 Å². The van der Waals surface area contributed by atoms with Crippen LogP contribution in [0, 0.1) is 5.82 Å². The first kappa shape index (κ1) is 24.6. The average Bonchev–Trinajstić information content (AvgIpc) is 3.58. The lowest BCUT2D eigenvalue weighted by Crippen LogP contribution is -2.32. The number of anilines is 1. The Kier molecular flexibility index (Phi) is 6.37. The minimum Gasteiger partial charge on any atom is -0.341 e. The third kappa shape index (κ3) is 4.66. The van der Waals surface area contributed by atoms with Crippen molar-refractivity contribution in [2.75, 3.05) is 11.9 Å². The van der Waals surface area contributed by atoms with Crippen LogP contribution in [0.3, 0.4) is 0 Å². The van der Waals surface area contributed by atoms with Crippen LogP contribution in [-0.4, -0.2) is 33.9 Å². The van der Waals surface area contributed by atoms with Crippen LogP contribution in [0.2, 0.25) is 0 Å². The first-order valence-electron chi connectivity index (χ1n) is 12.5. The third-order valence-electron chi connectivity index (χ3n) is 7.09. The van der Waals surface area contributed by atoms with Gasteiger partial charge < -0.3 is 19.5 Å². The van der Waals surface area contributed by atoms with Gasteiger partial charge in [-0.2, -0.15) is 0 Å². The van der Waals surface area contributed by atoms with E-state index >= 15 is 0 Å². The zero-order valence-corrected chi connectivity index (χ0v) is 22.2. The lowest BCUT2D eigenvalue weighted by molar-refractivity contribution is -0.130. The van der Waals surface area contributed by atoms with Gasteiger partial charge in [0.25, 0.3) is 5.91 Å². The fourth-order valence-electron chi connectivity index (χ4n) is 5.11. The molecule has 2 amide bonds. The Morgan fingerprint density at radius 1 is 1.03 bits per heavy atom. The Bertz CT molecular complexity index is 1530. The zero-order chi connectivity index (χ0) is 26.4. The highest BCUT2D eigenvalue weighted by molar-refractivity contribution is 9.10. The quantitative estimate of drug-likeness (QED) is 0.306. The van der Waals surface area contributed by atoms with E-state index < -0.39 is 12.3 Å². The van der Waals surface area contributed by atoms with Gasteiger partial charge in [0.1, 0.15) is 11.9 Å². The van der Waals surface area contributed by atoms with E-state index in [2.05, 4.69) is 21.2 Å². The molecule has 4 aromatic rings. The number of hydrogen-bond donors (Lipinski definition) is 1. The number of rotatable bonds is 6. The molecule has 192 valence electrons. The van der Waals surface area contributed by atoms with E-state index in [9.17, 15) is 14.0 Å². The second kappa shape index (κ2) is 9.85. The molecule has 1 fully saturated rings. The largest absolute Gasteiger partial charge is 0.341 e. The smallest absolute Gasteiger partial charge is 0.253 e. The number of carbonyl (C=O) groups is 2. The normalized spacial score (nSPS) is 18.7. The van der Waals surface area contributed by atoms with E-state index in [0.717, 1.165) is 43.7 Å². The summed E-state index contributed by atoms with van der Waals surface area (Å²) in [5.74, 6) is -0.389. The Morgan fingerprint density at radius 3 is 2.55 bits per heavy atom. The number of nitrogens with zero attached hydrogens (tertiary/aromatic N) is 2. The molecule has 8 heteroatoms. The lowest BCUT2D eigenvalue weighted by atomic mass is 10.0. The molecule has 3 aromatic carbocycles. The van der Waals surface area contributed by atoms with Gasteiger partial charge in [0, 0.05) is 45.9 Å². The number of benzene rings is 3. The molecule has 38 heavy (non-hydrogen) atoms. The molecule has 0 aliphatic carbocycles. The second-order valence-corrected chi connectivity index (χ2v) is 10.6. The topological polar surface area (TPSA) is 63.6 Å². The van der Waals surface area contributed by atoms with E-state index in [1.165, 1.54) is 12.1 Å². The van der Waals surface area contributed by atoms with Crippen molar-refractivity contribution in [2.45, 2.75) is 32.1 Å². The highest BCUT2D eigenvalue weighted by atomic mass is 79.9. The van der Waals surface area contributed by atoms with E-state index in [0.29, 0.717) is 19.4 Å². The second-order valence-electron chi connectivity index (χ2n) is 9.65. The maximum Gasteiger partial charge on any atom is 0.253 e. The van der Waals surface area contributed by atoms with E-state index in [4.69, 9.17) is 4.74 Å². The fraction of sp³-hybridized carbons (Fsp3) is 0.200. The van der Waals surface area contributed by atoms with Gasteiger partial charge in [-0.15, -0.1) is 0 Å². The molecule has 6 nitrogen and oxygen atoms in total. The third-order valence-corrected chi connectivity index (χ3v) is 7.62. The van der Waals surface area contributed by atoms with Crippen LogP contribution in [0.15, 0.2) is 83.6 Å². The van der Waals surface area contributed by atoms with Crippen molar-refractivity contribution in [3.05, 3.63) is 106 Å². The number of carbonyl (C=O) groups excluding carboxylic acids is 2. The van der Waals surface area contributed by atoms with Crippen molar-refractivity contribution < 1.29 is 18.7 Å². The number of fused-ring (bicyclic) bond motifs is 1. The molecular formula is C30H25BrFN3O3. The predicted octanol–water partition coefficient (Wildman–Crippen LogP) is 6.03. The number of aromatic nitrogens is 1. The van der Waals surface area contributed by atoms with Crippen LogP contribution in [0.5, 0.6) is 0 Å². The zero-order valence-electron chi connectivity index (χ0n) is 20.7. The predicted molar refractivity (Wildman–Crippen MR) is 146 cm³/mol. The lowest BCUT2D eigenvalue weighted by Gasteiger charge is -2.24. The molecule has 6 rings (SSSR count). The molecule has 0 unspecified atom stereocenters. The van der Waals surface area contributed by atoms with Gasteiger partial charge in [-0.1, -0.05) is 40.2 Å². The van der Waals surface area contributed by atoms with Crippen LogP contribution in [-0.2, 0) is 27.2 Å². The van der Waals surface area contributed by atoms with Crippen molar-refractivity contribution in [2.24, 2.45) is 0 Å². The van der Waals surface area contributed by atoms with E-state index in [1.807, 2.05) is 59.4 Å². The standard InChI is InChI=1S/C30H25BrFN3O3/c1-18-29(37)35(13-12-19-2-3-21-15-28(36)33-27(21)14-19)30(38-18)26-17-34(24-10-6-22(31)7-11-24)16-25(26)20-4-8-23(32)9-5-20/h2-11,14,16-18,30H,12-13,15H2,1H3,(H,33,36)/t18-,30-/m0/s1. The van der Waals surface area contributed by atoms with Gasteiger partial charge in [0.15, 0.2) is 6.23 Å². The van der Waals surface area contributed by atoms with Crippen LogP contribution in [0.25, 0.3) is 16.8 Å².